The van der Waals surface area contributed by atoms with E-state index in [1.165, 1.54) is 5.56 Å². The molecule has 0 aromatic heterocycles. The fourth-order valence-electron chi connectivity index (χ4n) is 3.93. The zero-order valence-electron chi connectivity index (χ0n) is 16.7. The zero-order valence-corrected chi connectivity index (χ0v) is 16.7. The van der Waals surface area contributed by atoms with E-state index in [0.29, 0.717) is 18.9 Å². The van der Waals surface area contributed by atoms with Gasteiger partial charge >= 0.3 is 0 Å². The van der Waals surface area contributed by atoms with Crippen LogP contribution in [0.15, 0.2) is 24.3 Å². The molecule has 0 aliphatic carbocycles. The average molecular weight is 373 g/mol. The van der Waals surface area contributed by atoms with Crippen LogP contribution in [0.2, 0.25) is 0 Å². The molecule has 2 aliphatic heterocycles. The highest BCUT2D eigenvalue weighted by Gasteiger charge is 2.37. The molecule has 1 aromatic rings. The van der Waals surface area contributed by atoms with Crippen molar-refractivity contribution in [1.82, 2.24) is 14.7 Å². The monoisotopic (exact) mass is 373 g/mol. The molecule has 148 valence electrons. The highest BCUT2D eigenvalue weighted by Crippen LogP contribution is 2.22. The predicted molar refractivity (Wildman–Crippen MR) is 104 cm³/mol. The third kappa shape index (κ3) is 5.01. The van der Waals surface area contributed by atoms with E-state index < -0.39 is 0 Å². The number of likely N-dealkylation sites (tertiary alicyclic amines) is 1. The second-order valence-corrected chi connectivity index (χ2v) is 8.04. The molecule has 6 heteroatoms. The summed E-state index contributed by atoms with van der Waals surface area (Å²) >= 11 is 0. The van der Waals surface area contributed by atoms with E-state index >= 15 is 0 Å². The summed E-state index contributed by atoms with van der Waals surface area (Å²) in [5.74, 6) is 1.42. The second kappa shape index (κ2) is 8.74. The summed E-state index contributed by atoms with van der Waals surface area (Å²) in [5.41, 5.74) is 1.25. The summed E-state index contributed by atoms with van der Waals surface area (Å²) in [6.07, 6.45) is 0.373. The van der Waals surface area contributed by atoms with Crippen LogP contribution in [-0.2, 0) is 16.1 Å². The van der Waals surface area contributed by atoms with Gasteiger partial charge in [0.05, 0.1) is 13.0 Å². The fourth-order valence-corrected chi connectivity index (χ4v) is 3.93. The molecular formula is C21H31N3O3. The van der Waals surface area contributed by atoms with Crippen LogP contribution >= 0.6 is 0 Å². The smallest absolute Gasteiger partial charge is 0.228 e. The van der Waals surface area contributed by atoms with Crippen molar-refractivity contribution in [2.75, 3.05) is 46.4 Å². The third-order valence-electron chi connectivity index (χ3n) is 5.40. The molecule has 1 aromatic carbocycles. The van der Waals surface area contributed by atoms with Crippen molar-refractivity contribution in [3.63, 3.8) is 0 Å². The maximum absolute atomic E-state index is 12.8. The molecule has 2 fully saturated rings. The summed E-state index contributed by atoms with van der Waals surface area (Å²) in [7, 11) is 1.67. The quantitative estimate of drug-likeness (QED) is 0.764. The highest BCUT2D eigenvalue weighted by atomic mass is 16.5. The van der Waals surface area contributed by atoms with Crippen molar-refractivity contribution in [3.8, 4) is 5.75 Å². The van der Waals surface area contributed by atoms with Crippen molar-refractivity contribution in [2.45, 2.75) is 26.8 Å². The summed E-state index contributed by atoms with van der Waals surface area (Å²) in [6.45, 7) is 9.64. The Hall–Kier alpha value is -2.08. The number of nitrogens with zero attached hydrogens (tertiary/aromatic N) is 3. The first-order chi connectivity index (χ1) is 13.0. The molecule has 2 amide bonds. The first-order valence-electron chi connectivity index (χ1n) is 9.88. The van der Waals surface area contributed by atoms with Crippen LogP contribution in [0.4, 0.5) is 0 Å². The number of hydrogen-bond donors (Lipinski definition) is 0. The summed E-state index contributed by atoms with van der Waals surface area (Å²) in [6, 6.07) is 8.14. The maximum atomic E-state index is 12.8. The van der Waals surface area contributed by atoms with Gasteiger partial charge in [-0.15, -0.1) is 0 Å². The standard InChI is InChI=1S/C21H31N3O3/c1-16(2)13-24-15-18(12-20(24)25)21(26)23-10-8-22(9-11-23)14-17-4-6-19(27-3)7-5-17/h4-7,16,18H,8-15H2,1-3H3. The maximum Gasteiger partial charge on any atom is 0.228 e. The third-order valence-corrected chi connectivity index (χ3v) is 5.40. The largest absolute Gasteiger partial charge is 0.497 e. The normalized spacial score (nSPS) is 21.2. The van der Waals surface area contributed by atoms with Gasteiger partial charge in [-0.05, 0) is 23.6 Å². The van der Waals surface area contributed by atoms with Gasteiger partial charge in [0.15, 0.2) is 0 Å². The van der Waals surface area contributed by atoms with E-state index in [1.807, 2.05) is 21.9 Å². The van der Waals surface area contributed by atoms with Gasteiger partial charge in [-0.25, -0.2) is 0 Å². The molecule has 0 spiro atoms. The molecule has 0 radical (unpaired) electrons. The number of piperazine rings is 1. The van der Waals surface area contributed by atoms with Crippen LogP contribution in [0, 0.1) is 11.8 Å². The number of amides is 2. The van der Waals surface area contributed by atoms with Crippen LogP contribution < -0.4 is 4.74 Å². The van der Waals surface area contributed by atoms with Gasteiger partial charge < -0.3 is 14.5 Å². The van der Waals surface area contributed by atoms with E-state index in [4.69, 9.17) is 4.74 Å². The van der Waals surface area contributed by atoms with Gasteiger partial charge in [0.1, 0.15) is 5.75 Å². The minimum atomic E-state index is -0.163. The van der Waals surface area contributed by atoms with Crippen molar-refractivity contribution >= 4 is 11.8 Å². The Kier molecular flexibility index (Phi) is 6.37. The molecule has 3 rings (SSSR count). The van der Waals surface area contributed by atoms with Crippen molar-refractivity contribution < 1.29 is 14.3 Å². The molecule has 1 atom stereocenters. The highest BCUT2D eigenvalue weighted by molar-refractivity contribution is 5.89. The Bertz CT molecular complexity index is 651. The summed E-state index contributed by atoms with van der Waals surface area (Å²) in [4.78, 5) is 31.1. The number of carbonyl (C=O) groups is 2. The molecule has 0 bridgehead atoms. The van der Waals surface area contributed by atoms with Crippen LogP contribution in [-0.4, -0.2) is 72.9 Å². The topological polar surface area (TPSA) is 53.1 Å². The SMILES string of the molecule is COc1ccc(CN2CCN(C(=O)C3CC(=O)N(CC(C)C)C3)CC2)cc1. The Balaban J connectivity index is 1.47. The van der Waals surface area contributed by atoms with Gasteiger partial charge in [0.2, 0.25) is 11.8 Å². The second-order valence-electron chi connectivity index (χ2n) is 8.04. The number of ether oxygens (including phenoxy) is 1. The van der Waals surface area contributed by atoms with Gasteiger partial charge in [-0.1, -0.05) is 26.0 Å². The van der Waals surface area contributed by atoms with Crippen LogP contribution in [0.1, 0.15) is 25.8 Å². The molecule has 2 saturated heterocycles. The van der Waals surface area contributed by atoms with Gasteiger partial charge in [0, 0.05) is 52.2 Å². The predicted octanol–water partition coefficient (Wildman–Crippen LogP) is 1.84. The molecule has 1 unspecified atom stereocenters. The minimum Gasteiger partial charge on any atom is -0.497 e. The Morgan fingerprint density at radius 3 is 2.41 bits per heavy atom. The van der Waals surface area contributed by atoms with Crippen LogP contribution in [0.5, 0.6) is 5.75 Å². The molecule has 2 aliphatic rings. The number of rotatable bonds is 6. The first kappa shape index (κ1) is 19.7. The number of benzene rings is 1. The molecule has 6 nitrogen and oxygen atoms in total. The first-order valence-corrected chi connectivity index (χ1v) is 9.88. The van der Waals surface area contributed by atoms with E-state index in [2.05, 4.69) is 30.9 Å². The van der Waals surface area contributed by atoms with Crippen LogP contribution in [0.3, 0.4) is 0 Å². The summed E-state index contributed by atoms with van der Waals surface area (Å²) in [5, 5.41) is 0. The minimum absolute atomic E-state index is 0.125. The van der Waals surface area contributed by atoms with E-state index in [9.17, 15) is 9.59 Å². The molecule has 0 N–H and O–H groups in total. The van der Waals surface area contributed by atoms with E-state index in [1.54, 1.807) is 7.11 Å². The average Bonchev–Trinajstić information content (AvgIpc) is 3.02. The zero-order chi connectivity index (χ0) is 19.4. The van der Waals surface area contributed by atoms with Crippen molar-refractivity contribution in [2.24, 2.45) is 11.8 Å². The van der Waals surface area contributed by atoms with E-state index in [-0.39, 0.29) is 17.7 Å². The Morgan fingerprint density at radius 1 is 1.15 bits per heavy atom. The fraction of sp³-hybridized carbons (Fsp3) is 0.619. The lowest BCUT2D eigenvalue weighted by atomic mass is 10.1. The lowest BCUT2D eigenvalue weighted by Crippen LogP contribution is -2.50. The van der Waals surface area contributed by atoms with E-state index in [0.717, 1.165) is 45.0 Å². The van der Waals surface area contributed by atoms with Gasteiger partial charge in [-0.3, -0.25) is 14.5 Å². The number of hydrogen-bond acceptors (Lipinski definition) is 4. The number of methoxy groups -OCH3 is 1. The molecule has 27 heavy (non-hydrogen) atoms. The molecule has 0 saturated carbocycles. The van der Waals surface area contributed by atoms with Crippen LogP contribution in [0.25, 0.3) is 0 Å². The Morgan fingerprint density at radius 2 is 1.81 bits per heavy atom. The lowest BCUT2D eigenvalue weighted by Gasteiger charge is -2.36. The molecular weight excluding hydrogens is 342 g/mol. The van der Waals surface area contributed by atoms with Gasteiger partial charge in [0.25, 0.3) is 0 Å². The lowest BCUT2D eigenvalue weighted by molar-refractivity contribution is -0.137. The van der Waals surface area contributed by atoms with Gasteiger partial charge in [-0.2, -0.15) is 0 Å². The number of carbonyl (C=O) groups excluding carboxylic acids is 2. The summed E-state index contributed by atoms with van der Waals surface area (Å²) < 4.78 is 5.20. The van der Waals surface area contributed by atoms with Crippen molar-refractivity contribution in [1.29, 1.82) is 0 Å². The molecule has 2 heterocycles. The Labute approximate surface area is 162 Å². The van der Waals surface area contributed by atoms with Crippen molar-refractivity contribution in [3.05, 3.63) is 29.8 Å².